The van der Waals surface area contributed by atoms with Crippen LogP contribution in [-0.4, -0.2) is 36.7 Å². The molecule has 0 saturated carbocycles. The minimum atomic E-state index is -3.46. The predicted molar refractivity (Wildman–Crippen MR) is 116 cm³/mol. The number of carbonyl (C=O) groups is 1. The van der Waals surface area contributed by atoms with Crippen LogP contribution in [0, 0.1) is 6.92 Å². The Labute approximate surface area is 174 Å². The molecule has 1 saturated heterocycles. The number of hydrogen-bond acceptors (Lipinski definition) is 5. The number of rotatable bonds is 5. The Balaban J connectivity index is 1.48. The number of thiophene rings is 1. The lowest BCUT2D eigenvalue weighted by Crippen LogP contribution is -2.35. The molecule has 0 bridgehead atoms. The average molecular weight is 430 g/mol. The Kier molecular flexibility index (Phi) is 5.67. The first-order chi connectivity index (χ1) is 13.9. The summed E-state index contributed by atoms with van der Waals surface area (Å²) in [6.07, 6.45) is 4.75. The summed E-state index contributed by atoms with van der Waals surface area (Å²) in [5, 5.41) is 3.83. The van der Waals surface area contributed by atoms with Crippen molar-refractivity contribution in [1.82, 2.24) is 9.29 Å². The Morgan fingerprint density at radius 2 is 1.93 bits per heavy atom. The van der Waals surface area contributed by atoms with E-state index in [1.54, 1.807) is 22.6 Å². The maximum atomic E-state index is 12.8. The number of amides is 1. The van der Waals surface area contributed by atoms with E-state index in [1.165, 1.54) is 11.3 Å². The summed E-state index contributed by atoms with van der Waals surface area (Å²) in [7, 11) is -3.46. The molecule has 1 amide bonds. The summed E-state index contributed by atoms with van der Waals surface area (Å²) in [5.41, 5.74) is 2.61. The smallest absolute Gasteiger partial charge is 0.252 e. The molecular weight excluding hydrogens is 406 g/mol. The number of hydrogen-bond donors (Lipinski definition) is 1. The normalized spacial score (nSPS) is 15.5. The van der Waals surface area contributed by atoms with Gasteiger partial charge in [0.05, 0.1) is 17.6 Å². The molecule has 1 aliphatic heterocycles. The van der Waals surface area contributed by atoms with Crippen LogP contribution in [-0.2, 0) is 21.2 Å². The van der Waals surface area contributed by atoms with Crippen molar-refractivity contribution < 1.29 is 13.2 Å². The number of aromatic nitrogens is 1. The molecule has 0 spiro atoms. The zero-order valence-electron chi connectivity index (χ0n) is 16.2. The van der Waals surface area contributed by atoms with Crippen LogP contribution >= 0.6 is 11.3 Å². The molecule has 152 valence electrons. The minimum Gasteiger partial charge on any atom is -0.325 e. The molecule has 1 N–H and O–H groups in total. The molecule has 3 aromatic rings. The van der Waals surface area contributed by atoms with E-state index >= 15 is 0 Å². The molecule has 3 heterocycles. The average Bonchev–Trinajstić information content (AvgIpc) is 3.20. The maximum absolute atomic E-state index is 12.8. The van der Waals surface area contributed by atoms with Gasteiger partial charge in [-0.05, 0) is 55.7 Å². The quantitative estimate of drug-likeness (QED) is 0.666. The molecule has 1 fully saturated rings. The van der Waals surface area contributed by atoms with Crippen LogP contribution in [0.5, 0.6) is 0 Å². The number of piperidine rings is 1. The second-order valence-corrected chi connectivity index (χ2v) is 10.6. The lowest BCUT2D eigenvalue weighted by molar-refractivity contribution is -0.115. The predicted octanol–water partition coefficient (Wildman–Crippen LogP) is 3.96. The van der Waals surface area contributed by atoms with Gasteiger partial charge in [-0.25, -0.2) is 8.42 Å². The Morgan fingerprint density at radius 3 is 2.72 bits per heavy atom. The Hall–Kier alpha value is -2.29. The van der Waals surface area contributed by atoms with E-state index in [2.05, 4.69) is 10.3 Å². The van der Waals surface area contributed by atoms with Crippen LogP contribution in [0.25, 0.3) is 10.9 Å². The van der Waals surface area contributed by atoms with Crippen molar-refractivity contribution >= 4 is 43.9 Å². The number of nitrogens with zero attached hydrogens (tertiary/aromatic N) is 2. The van der Waals surface area contributed by atoms with E-state index in [1.807, 2.05) is 31.2 Å². The van der Waals surface area contributed by atoms with Gasteiger partial charge in [0, 0.05) is 29.5 Å². The fourth-order valence-electron chi connectivity index (χ4n) is 3.60. The van der Waals surface area contributed by atoms with Crippen molar-refractivity contribution in [3.63, 3.8) is 0 Å². The van der Waals surface area contributed by atoms with E-state index in [4.69, 9.17) is 0 Å². The van der Waals surface area contributed by atoms with Gasteiger partial charge in [0.2, 0.25) is 5.91 Å². The van der Waals surface area contributed by atoms with Crippen LogP contribution < -0.4 is 5.32 Å². The third-order valence-corrected chi connectivity index (χ3v) is 8.58. The van der Waals surface area contributed by atoms with Gasteiger partial charge in [0.1, 0.15) is 4.21 Å². The highest BCUT2D eigenvalue weighted by atomic mass is 32.2. The maximum Gasteiger partial charge on any atom is 0.252 e. The first kappa shape index (κ1) is 20.0. The highest BCUT2D eigenvalue weighted by Crippen LogP contribution is 2.28. The van der Waals surface area contributed by atoms with Crippen molar-refractivity contribution in [3.8, 4) is 0 Å². The number of fused-ring (bicyclic) bond motifs is 1. The highest BCUT2D eigenvalue weighted by molar-refractivity contribution is 7.91. The summed E-state index contributed by atoms with van der Waals surface area (Å²) >= 11 is 1.18. The first-order valence-electron chi connectivity index (χ1n) is 9.68. The molecule has 2 aromatic heterocycles. The van der Waals surface area contributed by atoms with Gasteiger partial charge in [-0.3, -0.25) is 9.78 Å². The van der Waals surface area contributed by atoms with Crippen LogP contribution in [0.4, 0.5) is 5.69 Å². The van der Waals surface area contributed by atoms with Crippen LogP contribution in [0.2, 0.25) is 0 Å². The lowest BCUT2D eigenvalue weighted by atomic mass is 10.1. The zero-order chi connectivity index (χ0) is 20.4. The van der Waals surface area contributed by atoms with E-state index < -0.39 is 10.0 Å². The number of aryl methyl sites for hydroxylation is 1. The standard InChI is InChI=1S/C21H23N3O3S2/c1-15-7-9-18(17-6-5-11-22-21(15)17)23-19(25)14-16-8-10-20(28-16)29(26,27)24-12-3-2-4-13-24/h5-11H,2-4,12-14H2,1H3,(H,23,25). The number of carbonyl (C=O) groups excluding carboxylic acids is 1. The molecule has 0 aliphatic carbocycles. The number of anilines is 1. The SMILES string of the molecule is Cc1ccc(NC(=O)Cc2ccc(S(=O)(=O)N3CCCCC3)s2)c2cccnc12. The fraction of sp³-hybridized carbons (Fsp3) is 0.333. The monoisotopic (exact) mass is 429 g/mol. The van der Waals surface area contributed by atoms with Crippen molar-refractivity contribution in [2.75, 3.05) is 18.4 Å². The molecular formula is C21H23N3O3S2. The fourth-order valence-corrected chi connectivity index (χ4v) is 6.63. The molecule has 6 nitrogen and oxygen atoms in total. The summed E-state index contributed by atoms with van der Waals surface area (Å²) in [4.78, 5) is 17.7. The molecule has 8 heteroatoms. The topological polar surface area (TPSA) is 79.4 Å². The molecule has 4 rings (SSSR count). The van der Waals surface area contributed by atoms with Gasteiger partial charge < -0.3 is 5.32 Å². The number of nitrogens with one attached hydrogen (secondary N) is 1. The Morgan fingerprint density at radius 1 is 1.14 bits per heavy atom. The van der Waals surface area contributed by atoms with Crippen molar-refractivity contribution in [1.29, 1.82) is 0 Å². The van der Waals surface area contributed by atoms with Crippen molar-refractivity contribution in [2.24, 2.45) is 0 Å². The van der Waals surface area contributed by atoms with Crippen LogP contribution in [0.15, 0.2) is 46.8 Å². The molecule has 1 aromatic carbocycles. The van der Waals surface area contributed by atoms with Gasteiger partial charge in [0.15, 0.2) is 0 Å². The number of sulfonamides is 1. The largest absolute Gasteiger partial charge is 0.325 e. The molecule has 1 aliphatic rings. The third-order valence-electron chi connectivity index (χ3n) is 5.13. The lowest BCUT2D eigenvalue weighted by Gasteiger charge is -2.25. The van der Waals surface area contributed by atoms with Crippen molar-refractivity contribution in [2.45, 2.75) is 36.8 Å². The highest BCUT2D eigenvalue weighted by Gasteiger charge is 2.27. The molecule has 0 unspecified atom stereocenters. The number of pyridine rings is 1. The van der Waals surface area contributed by atoms with Gasteiger partial charge in [-0.1, -0.05) is 12.5 Å². The van der Waals surface area contributed by atoms with Crippen LogP contribution in [0.1, 0.15) is 29.7 Å². The summed E-state index contributed by atoms with van der Waals surface area (Å²) < 4.78 is 27.4. The minimum absolute atomic E-state index is 0.135. The summed E-state index contributed by atoms with van der Waals surface area (Å²) in [5.74, 6) is -0.178. The summed E-state index contributed by atoms with van der Waals surface area (Å²) in [6, 6.07) is 10.9. The van der Waals surface area contributed by atoms with E-state index in [9.17, 15) is 13.2 Å². The first-order valence-corrected chi connectivity index (χ1v) is 11.9. The molecule has 29 heavy (non-hydrogen) atoms. The van der Waals surface area contributed by atoms with Gasteiger partial charge in [-0.15, -0.1) is 11.3 Å². The van der Waals surface area contributed by atoms with Gasteiger partial charge in [0.25, 0.3) is 10.0 Å². The van der Waals surface area contributed by atoms with Crippen molar-refractivity contribution in [3.05, 3.63) is 53.0 Å². The van der Waals surface area contributed by atoms with Gasteiger partial charge in [-0.2, -0.15) is 4.31 Å². The molecule has 0 radical (unpaired) electrons. The van der Waals surface area contributed by atoms with Crippen LogP contribution in [0.3, 0.4) is 0 Å². The second-order valence-electron chi connectivity index (χ2n) is 7.24. The van der Waals surface area contributed by atoms with Gasteiger partial charge >= 0.3 is 0 Å². The second kappa shape index (κ2) is 8.22. The Bertz CT molecular complexity index is 1150. The summed E-state index contributed by atoms with van der Waals surface area (Å²) in [6.45, 7) is 3.13. The van der Waals surface area contributed by atoms with E-state index in [0.717, 1.165) is 40.6 Å². The van der Waals surface area contributed by atoms with E-state index in [0.29, 0.717) is 23.0 Å². The third kappa shape index (κ3) is 4.19. The number of benzene rings is 1. The van der Waals surface area contributed by atoms with E-state index in [-0.39, 0.29) is 12.3 Å². The molecule has 0 atom stereocenters. The zero-order valence-corrected chi connectivity index (χ0v) is 17.9.